The number of unbranched alkanes of at least 4 members (excludes halogenated alkanes) is 9. The molecule has 0 heterocycles. The van der Waals surface area contributed by atoms with Gasteiger partial charge in [0.15, 0.2) is 0 Å². The maximum Gasteiger partial charge on any atom is 0.142 e. The lowest BCUT2D eigenvalue weighted by molar-refractivity contribution is -0.954. The molecule has 2 unspecified atom stereocenters. The SMILES string of the molecule is CC=CC[N+](CC)(CCCCCCCCCCCC)C(C)N(CC)CC. The lowest BCUT2D eigenvalue weighted by Gasteiger charge is -2.46. The van der Waals surface area contributed by atoms with E-state index >= 15 is 0 Å². The third-order valence-corrected chi connectivity index (χ3v) is 6.42. The van der Waals surface area contributed by atoms with Crippen LogP contribution in [-0.4, -0.2) is 48.3 Å². The molecule has 0 aliphatic rings. The molecule has 156 valence electrons. The van der Waals surface area contributed by atoms with E-state index in [9.17, 15) is 0 Å². The van der Waals surface area contributed by atoms with Gasteiger partial charge >= 0.3 is 0 Å². The van der Waals surface area contributed by atoms with E-state index in [1.807, 2.05) is 0 Å². The monoisotopic (exact) mass is 367 g/mol. The Labute approximate surface area is 166 Å². The Balaban J connectivity index is 4.31. The first kappa shape index (κ1) is 25.7. The predicted octanol–water partition coefficient (Wildman–Crippen LogP) is 7.01. The van der Waals surface area contributed by atoms with Crippen molar-refractivity contribution in [1.82, 2.24) is 4.90 Å². The molecule has 0 bridgehead atoms. The molecule has 0 saturated carbocycles. The third kappa shape index (κ3) is 10.1. The molecule has 0 aliphatic carbocycles. The Morgan fingerprint density at radius 3 is 1.69 bits per heavy atom. The van der Waals surface area contributed by atoms with Crippen molar-refractivity contribution in [2.24, 2.45) is 0 Å². The fourth-order valence-electron chi connectivity index (χ4n) is 4.31. The summed E-state index contributed by atoms with van der Waals surface area (Å²) >= 11 is 0. The first-order chi connectivity index (χ1) is 12.6. The van der Waals surface area contributed by atoms with Crippen LogP contribution in [-0.2, 0) is 0 Å². The maximum atomic E-state index is 2.64. The molecule has 0 fully saturated rings. The highest BCUT2D eigenvalue weighted by Gasteiger charge is 2.33. The molecule has 0 rings (SSSR count). The number of rotatable bonds is 18. The smallest absolute Gasteiger partial charge is 0.142 e. The Morgan fingerprint density at radius 1 is 0.769 bits per heavy atom. The summed E-state index contributed by atoms with van der Waals surface area (Å²) in [6.07, 6.45) is 19.5. The average molecular weight is 368 g/mol. The van der Waals surface area contributed by atoms with Crippen molar-refractivity contribution < 1.29 is 4.48 Å². The van der Waals surface area contributed by atoms with Crippen molar-refractivity contribution >= 4 is 0 Å². The molecule has 0 spiro atoms. The van der Waals surface area contributed by atoms with Crippen LogP contribution in [0.2, 0.25) is 0 Å². The van der Waals surface area contributed by atoms with Crippen LogP contribution < -0.4 is 0 Å². The molecule has 2 atom stereocenters. The van der Waals surface area contributed by atoms with Gasteiger partial charge < -0.3 is 4.48 Å². The van der Waals surface area contributed by atoms with E-state index in [1.165, 1.54) is 88.3 Å². The van der Waals surface area contributed by atoms with Crippen molar-refractivity contribution in [3.63, 3.8) is 0 Å². The molecular formula is C24H51N2+. The third-order valence-electron chi connectivity index (χ3n) is 6.42. The fraction of sp³-hybridized carbons (Fsp3) is 0.917. The van der Waals surface area contributed by atoms with Crippen LogP contribution in [0.15, 0.2) is 12.2 Å². The van der Waals surface area contributed by atoms with Gasteiger partial charge in [0.25, 0.3) is 0 Å². The minimum absolute atomic E-state index is 0.616. The molecule has 0 aromatic heterocycles. The topological polar surface area (TPSA) is 3.24 Å². The van der Waals surface area contributed by atoms with Crippen molar-refractivity contribution in [3.8, 4) is 0 Å². The molecular weight excluding hydrogens is 316 g/mol. The Bertz CT molecular complexity index is 322. The molecule has 0 saturated heterocycles. The molecule has 0 amide bonds. The normalized spacial score (nSPS) is 15.7. The van der Waals surface area contributed by atoms with E-state index in [4.69, 9.17) is 0 Å². The van der Waals surface area contributed by atoms with Crippen molar-refractivity contribution in [2.75, 3.05) is 32.7 Å². The molecule has 0 aromatic carbocycles. The van der Waals surface area contributed by atoms with Gasteiger partial charge in [0, 0.05) is 20.0 Å². The lowest BCUT2D eigenvalue weighted by atomic mass is 10.1. The number of hydrogen-bond donors (Lipinski definition) is 0. The van der Waals surface area contributed by atoms with Gasteiger partial charge in [0.2, 0.25) is 0 Å². The fourth-order valence-corrected chi connectivity index (χ4v) is 4.31. The van der Waals surface area contributed by atoms with E-state index in [0.29, 0.717) is 6.17 Å². The first-order valence-corrected chi connectivity index (χ1v) is 11.8. The van der Waals surface area contributed by atoms with Gasteiger partial charge in [-0.25, -0.2) is 0 Å². The molecule has 0 aromatic rings. The van der Waals surface area contributed by atoms with E-state index in [0.717, 1.165) is 13.1 Å². The summed E-state index contributed by atoms with van der Waals surface area (Å²) < 4.78 is 1.23. The summed E-state index contributed by atoms with van der Waals surface area (Å²) in [5.74, 6) is 0. The lowest BCUT2D eigenvalue weighted by Crippen LogP contribution is -2.61. The summed E-state index contributed by atoms with van der Waals surface area (Å²) in [4.78, 5) is 2.64. The Kier molecular flexibility index (Phi) is 16.6. The van der Waals surface area contributed by atoms with Gasteiger partial charge in [-0.15, -0.1) is 0 Å². The molecule has 26 heavy (non-hydrogen) atoms. The molecule has 0 aliphatic heterocycles. The largest absolute Gasteiger partial charge is 0.306 e. The van der Waals surface area contributed by atoms with E-state index < -0.39 is 0 Å². The summed E-state index contributed by atoms with van der Waals surface area (Å²) in [5, 5.41) is 0. The Hall–Kier alpha value is -0.340. The molecule has 2 nitrogen and oxygen atoms in total. The van der Waals surface area contributed by atoms with Crippen molar-refractivity contribution in [3.05, 3.63) is 12.2 Å². The van der Waals surface area contributed by atoms with Gasteiger partial charge in [-0.2, -0.15) is 0 Å². The zero-order valence-electron chi connectivity index (χ0n) is 19.2. The minimum atomic E-state index is 0.616. The van der Waals surface area contributed by atoms with E-state index in [-0.39, 0.29) is 0 Å². The number of nitrogens with zero attached hydrogens (tertiary/aromatic N) is 2. The maximum absolute atomic E-state index is 2.64. The zero-order chi connectivity index (χ0) is 19.7. The highest BCUT2D eigenvalue weighted by molar-refractivity contribution is 4.78. The van der Waals surface area contributed by atoms with Gasteiger partial charge in [-0.1, -0.05) is 78.2 Å². The van der Waals surface area contributed by atoms with Crippen LogP contribution in [0.25, 0.3) is 0 Å². The summed E-state index contributed by atoms with van der Waals surface area (Å²) in [6, 6.07) is 0. The number of likely N-dealkylation sites (N-methyl/N-ethyl adjacent to an activating group) is 1. The standard InChI is InChI=1S/C24H51N2/c1-7-12-14-15-16-17-18-19-20-21-23-26(11-5,22-13-8-2)24(6)25(9-3)10-4/h8,13,24H,7,9-12,14-23H2,1-6H3/q+1. The van der Waals surface area contributed by atoms with Crippen LogP contribution in [0.4, 0.5) is 0 Å². The van der Waals surface area contributed by atoms with E-state index in [1.54, 1.807) is 0 Å². The van der Waals surface area contributed by atoms with Crippen LogP contribution in [0.3, 0.4) is 0 Å². The number of quaternary nitrogens is 1. The quantitative estimate of drug-likeness (QED) is 0.109. The second kappa shape index (κ2) is 16.8. The second-order valence-corrected chi connectivity index (χ2v) is 8.05. The second-order valence-electron chi connectivity index (χ2n) is 8.05. The van der Waals surface area contributed by atoms with Gasteiger partial charge in [0.05, 0.1) is 19.6 Å². The minimum Gasteiger partial charge on any atom is -0.306 e. The summed E-state index contributed by atoms with van der Waals surface area (Å²) in [7, 11) is 0. The predicted molar refractivity (Wildman–Crippen MR) is 120 cm³/mol. The highest BCUT2D eigenvalue weighted by Crippen LogP contribution is 2.20. The molecule has 0 radical (unpaired) electrons. The number of hydrogen-bond acceptors (Lipinski definition) is 1. The number of allylic oxidation sites excluding steroid dienone is 1. The van der Waals surface area contributed by atoms with Crippen LogP contribution >= 0.6 is 0 Å². The van der Waals surface area contributed by atoms with Gasteiger partial charge in [-0.3, -0.25) is 4.90 Å². The molecule has 2 heteroatoms. The average Bonchev–Trinajstić information content (AvgIpc) is 2.66. The van der Waals surface area contributed by atoms with Gasteiger partial charge in [0.1, 0.15) is 6.17 Å². The van der Waals surface area contributed by atoms with Crippen molar-refractivity contribution in [2.45, 2.75) is 112 Å². The summed E-state index contributed by atoms with van der Waals surface area (Å²) in [5.41, 5.74) is 0. The van der Waals surface area contributed by atoms with Crippen LogP contribution in [0.1, 0.15) is 106 Å². The Morgan fingerprint density at radius 2 is 1.27 bits per heavy atom. The first-order valence-electron chi connectivity index (χ1n) is 11.8. The van der Waals surface area contributed by atoms with E-state index in [2.05, 4.69) is 58.6 Å². The van der Waals surface area contributed by atoms with Crippen LogP contribution in [0.5, 0.6) is 0 Å². The van der Waals surface area contributed by atoms with Crippen LogP contribution in [0, 0.1) is 0 Å². The zero-order valence-corrected chi connectivity index (χ0v) is 19.2. The highest BCUT2D eigenvalue weighted by atomic mass is 15.5. The summed E-state index contributed by atoms with van der Waals surface area (Å²) in [6.45, 7) is 20.0. The molecule has 0 N–H and O–H groups in total. The van der Waals surface area contributed by atoms with Gasteiger partial charge in [-0.05, 0) is 32.8 Å². The van der Waals surface area contributed by atoms with Crippen molar-refractivity contribution in [1.29, 1.82) is 0 Å².